The fourth-order valence-electron chi connectivity index (χ4n) is 5.38. The number of ether oxygens (including phenoxy) is 1. The van der Waals surface area contributed by atoms with Gasteiger partial charge in [0.05, 0.1) is 10.6 Å². The zero-order chi connectivity index (χ0) is 35.5. The smallest absolute Gasteiger partial charge is 0.264 e. The van der Waals surface area contributed by atoms with E-state index in [0.717, 1.165) is 21.0 Å². The predicted molar refractivity (Wildman–Crippen MR) is 198 cm³/mol. The van der Waals surface area contributed by atoms with Crippen LogP contribution >= 0.6 is 11.6 Å². The molecule has 0 aliphatic rings. The Labute approximate surface area is 299 Å². The lowest BCUT2D eigenvalue weighted by molar-refractivity contribution is -0.140. The fraction of sp³-hybridized carbons (Fsp3) is 0.200. The minimum Gasteiger partial charge on any atom is -0.457 e. The molecule has 0 saturated carbocycles. The molecule has 0 aromatic heterocycles. The minimum absolute atomic E-state index is 0.0336. The van der Waals surface area contributed by atoms with Crippen molar-refractivity contribution in [2.75, 3.05) is 17.4 Å². The third-order valence-electron chi connectivity index (χ3n) is 8.08. The summed E-state index contributed by atoms with van der Waals surface area (Å²) in [6.45, 7) is 3.74. The number of halogens is 1. The molecule has 0 spiro atoms. The number of rotatable bonds is 15. The maximum absolute atomic E-state index is 14.6. The van der Waals surface area contributed by atoms with E-state index in [1.54, 1.807) is 60.7 Å². The molecular weight excluding hydrogens is 670 g/mol. The highest BCUT2D eigenvalue weighted by Gasteiger charge is 2.34. The molecule has 8 nitrogen and oxygen atoms in total. The number of hydrogen-bond acceptors (Lipinski definition) is 5. The van der Waals surface area contributed by atoms with Gasteiger partial charge < -0.3 is 15.0 Å². The SMILES string of the molecule is CCCNC(=O)[C@@H](Cc1ccccc1)N(Cc1ccc(Cl)cc1)C(=O)CN(c1ccc(Oc2ccccc2)cc1)S(=O)(=O)c1ccc(C)cc1. The molecule has 5 aromatic carbocycles. The monoisotopic (exact) mass is 709 g/mol. The van der Waals surface area contributed by atoms with E-state index in [-0.39, 0.29) is 29.5 Å². The van der Waals surface area contributed by atoms with E-state index in [1.165, 1.54) is 17.0 Å². The summed E-state index contributed by atoms with van der Waals surface area (Å²) < 4.78 is 35.7. The van der Waals surface area contributed by atoms with E-state index in [0.29, 0.717) is 29.5 Å². The van der Waals surface area contributed by atoms with E-state index < -0.39 is 28.5 Å². The molecule has 0 radical (unpaired) electrons. The highest BCUT2D eigenvalue weighted by molar-refractivity contribution is 7.92. The van der Waals surface area contributed by atoms with Gasteiger partial charge in [-0.05, 0) is 85.1 Å². The van der Waals surface area contributed by atoms with E-state index in [2.05, 4.69) is 5.32 Å². The van der Waals surface area contributed by atoms with Crippen LogP contribution in [0.1, 0.15) is 30.0 Å². The Morgan fingerprint density at radius 3 is 1.98 bits per heavy atom. The number of hydrogen-bond donors (Lipinski definition) is 1. The van der Waals surface area contributed by atoms with Crippen LogP contribution in [-0.4, -0.2) is 44.3 Å². The second-order valence-electron chi connectivity index (χ2n) is 11.9. The Hall–Kier alpha value is -5.12. The number of nitrogens with zero attached hydrogens (tertiary/aromatic N) is 2. The molecule has 0 fully saturated rings. The van der Waals surface area contributed by atoms with Crippen LogP contribution in [0.5, 0.6) is 11.5 Å². The molecule has 2 amide bonds. The van der Waals surface area contributed by atoms with Crippen LogP contribution in [0.4, 0.5) is 5.69 Å². The average Bonchev–Trinajstić information content (AvgIpc) is 3.13. The first-order valence-corrected chi connectivity index (χ1v) is 18.2. The number of sulfonamides is 1. The van der Waals surface area contributed by atoms with Crippen LogP contribution in [0, 0.1) is 6.92 Å². The lowest BCUT2D eigenvalue weighted by atomic mass is 10.0. The lowest BCUT2D eigenvalue weighted by Gasteiger charge is -2.34. The van der Waals surface area contributed by atoms with Crippen molar-refractivity contribution < 1.29 is 22.7 Å². The van der Waals surface area contributed by atoms with E-state index in [9.17, 15) is 18.0 Å². The first-order valence-electron chi connectivity index (χ1n) is 16.4. The third kappa shape index (κ3) is 9.52. The summed E-state index contributed by atoms with van der Waals surface area (Å²) in [5.74, 6) is 0.253. The number of anilines is 1. The molecular formula is C40H40ClN3O5S. The van der Waals surface area contributed by atoms with Crippen molar-refractivity contribution in [3.63, 3.8) is 0 Å². The predicted octanol–water partition coefficient (Wildman–Crippen LogP) is 7.80. The van der Waals surface area contributed by atoms with Crippen LogP contribution in [0.25, 0.3) is 0 Å². The molecule has 0 heterocycles. The summed E-state index contributed by atoms with van der Waals surface area (Å²) in [4.78, 5) is 30.0. The number of aryl methyl sites for hydroxylation is 1. The molecule has 1 atom stereocenters. The normalized spacial score (nSPS) is 11.7. The second-order valence-corrected chi connectivity index (χ2v) is 14.2. The van der Waals surface area contributed by atoms with Crippen molar-refractivity contribution in [3.8, 4) is 11.5 Å². The molecule has 0 bridgehead atoms. The Kier molecular flexibility index (Phi) is 12.3. The van der Waals surface area contributed by atoms with Gasteiger partial charge in [-0.2, -0.15) is 0 Å². The molecule has 0 saturated heterocycles. The molecule has 10 heteroatoms. The maximum atomic E-state index is 14.6. The van der Waals surface area contributed by atoms with Crippen molar-refractivity contribution in [1.29, 1.82) is 0 Å². The summed E-state index contributed by atoms with van der Waals surface area (Å²) in [6, 6.07) is 37.8. The molecule has 0 aliphatic heterocycles. The van der Waals surface area contributed by atoms with Crippen molar-refractivity contribution in [3.05, 3.63) is 155 Å². The highest BCUT2D eigenvalue weighted by Crippen LogP contribution is 2.29. The summed E-state index contributed by atoms with van der Waals surface area (Å²) >= 11 is 6.17. The fourth-order valence-corrected chi connectivity index (χ4v) is 6.92. The zero-order valence-electron chi connectivity index (χ0n) is 28.0. The van der Waals surface area contributed by atoms with Crippen LogP contribution in [0.15, 0.2) is 138 Å². The molecule has 5 rings (SSSR count). The molecule has 0 unspecified atom stereocenters. The third-order valence-corrected chi connectivity index (χ3v) is 10.1. The van der Waals surface area contributed by atoms with Gasteiger partial charge >= 0.3 is 0 Å². The highest BCUT2D eigenvalue weighted by atomic mass is 35.5. The van der Waals surface area contributed by atoms with Crippen molar-refractivity contribution >= 4 is 39.1 Å². The van der Waals surface area contributed by atoms with Gasteiger partial charge in [0.2, 0.25) is 11.8 Å². The van der Waals surface area contributed by atoms with Crippen LogP contribution in [0.2, 0.25) is 5.02 Å². The van der Waals surface area contributed by atoms with Gasteiger partial charge in [-0.15, -0.1) is 0 Å². The average molecular weight is 710 g/mol. The Balaban J connectivity index is 1.55. The number of carbonyl (C=O) groups is 2. The van der Waals surface area contributed by atoms with Gasteiger partial charge in [-0.25, -0.2) is 8.42 Å². The van der Waals surface area contributed by atoms with E-state index in [1.807, 2.05) is 74.5 Å². The van der Waals surface area contributed by atoms with Crippen molar-refractivity contribution in [2.45, 2.75) is 44.2 Å². The van der Waals surface area contributed by atoms with Crippen LogP contribution in [0.3, 0.4) is 0 Å². The summed E-state index contributed by atoms with van der Waals surface area (Å²) in [5.41, 5.74) is 2.75. The number of benzene rings is 5. The van der Waals surface area contributed by atoms with Gasteiger partial charge in [0.15, 0.2) is 0 Å². The van der Waals surface area contributed by atoms with Crippen LogP contribution in [-0.2, 0) is 32.6 Å². The summed E-state index contributed by atoms with van der Waals surface area (Å²) in [7, 11) is -4.24. The van der Waals surface area contributed by atoms with Crippen molar-refractivity contribution in [1.82, 2.24) is 10.2 Å². The van der Waals surface area contributed by atoms with Gasteiger partial charge in [0, 0.05) is 24.5 Å². The van der Waals surface area contributed by atoms with Crippen LogP contribution < -0.4 is 14.4 Å². The van der Waals surface area contributed by atoms with E-state index >= 15 is 0 Å². The Bertz CT molecular complexity index is 1960. The minimum atomic E-state index is -4.24. The first kappa shape index (κ1) is 36.2. The quantitative estimate of drug-likeness (QED) is 0.120. The summed E-state index contributed by atoms with van der Waals surface area (Å²) in [6.07, 6.45) is 0.938. The standard InChI is InChI=1S/C40H40ClN3O5S/c1-3-26-42-40(46)38(27-31-10-6-4-7-11-31)43(28-32-16-18-33(41)19-17-32)39(45)29-44(50(47,48)37-24-14-30(2)15-25-37)34-20-22-36(23-21-34)49-35-12-8-5-9-13-35/h4-25,38H,3,26-29H2,1-2H3,(H,42,46)/t38-/m1/s1. The number of nitrogens with one attached hydrogen (secondary N) is 1. The molecule has 0 aliphatic carbocycles. The van der Waals surface area contributed by atoms with Crippen molar-refractivity contribution in [2.24, 2.45) is 0 Å². The topological polar surface area (TPSA) is 96.0 Å². The molecule has 258 valence electrons. The maximum Gasteiger partial charge on any atom is 0.264 e. The summed E-state index contributed by atoms with van der Waals surface area (Å²) in [5, 5.41) is 3.49. The number of carbonyl (C=O) groups excluding carboxylic acids is 2. The van der Waals surface area contributed by atoms with E-state index in [4.69, 9.17) is 16.3 Å². The second kappa shape index (κ2) is 17.0. The lowest BCUT2D eigenvalue weighted by Crippen LogP contribution is -2.53. The Morgan fingerprint density at radius 2 is 1.36 bits per heavy atom. The Morgan fingerprint density at radius 1 is 0.760 bits per heavy atom. The van der Waals surface area contributed by atoms with Gasteiger partial charge in [0.25, 0.3) is 10.0 Å². The number of para-hydroxylation sites is 1. The molecule has 50 heavy (non-hydrogen) atoms. The molecule has 1 N–H and O–H groups in total. The largest absolute Gasteiger partial charge is 0.457 e. The van der Waals surface area contributed by atoms with Gasteiger partial charge in [-0.3, -0.25) is 13.9 Å². The first-order chi connectivity index (χ1) is 24.1. The zero-order valence-corrected chi connectivity index (χ0v) is 29.6. The van der Waals surface area contributed by atoms with Gasteiger partial charge in [-0.1, -0.05) is 96.9 Å². The number of amides is 2. The molecule has 5 aromatic rings. The van der Waals surface area contributed by atoms with Gasteiger partial charge in [0.1, 0.15) is 24.1 Å².